The quantitative estimate of drug-likeness (QED) is 0.842. The Bertz CT molecular complexity index is 698. The fourth-order valence-electron chi connectivity index (χ4n) is 4.34. The maximum atomic E-state index is 13.0. The largest absolute Gasteiger partial charge is 0.467 e. The minimum absolute atomic E-state index is 0.0779. The highest BCUT2D eigenvalue weighted by Crippen LogP contribution is 2.38. The first-order chi connectivity index (χ1) is 11.4. The summed E-state index contributed by atoms with van der Waals surface area (Å²) in [6.07, 6.45) is 7.17. The summed E-state index contributed by atoms with van der Waals surface area (Å²) >= 11 is 0. The van der Waals surface area contributed by atoms with Gasteiger partial charge in [0.2, 0.25) is 0 Å². The van der Waals surface area contributed by atoms with Crippen LogP contribution in [0.4, 0.5) is 0 Å². The van der Waals surface area contributed by atoms with Crippen LogP contribution in [0.25, 0.3) is 0 Å². The lowest BCUT2D eigenvalue weighted by molar-refractivity contribution is -0.129. The van der Waals surface area contributed by atoms with Crippen LogP contribution >= 0.6 is 0 Å². The monoisotopic (exact) mass is 331 g/mol. The van der Waals surface area contributed by atoms with Crippen LogP contribution in [-0.2, 0) is 16.0 Å². The molecule has 1 atom stereocenters. The Labute approximate surface area is 141 Å². The van der Waals surface area contributed by atoms with E-state index in [1.807, 2.05) is 13.8 Å². The molecule has 0 aliphatic heterocycles. The molecule has 0 radical (unpaired) electrons. The third-order valence-electron chi connectivity index (χ3n) is 5.48. The van der Waals surface area contributed by atoms with E-state index >= 15 is 0 Å². The first-order valence-corrected chi connectivity index (χ1v) is 8.76. The van der Waals surface area contributed by atoms with E-state index in [9.17, 15) is 14.4 Å². The number of carbonyl (C=O) groups is 2. The van der Waals surface area contributed by atoms with E-state index < -0.39 is 0 Å². The van der Waals surface area contributed by atoms with Crippen molar-refractivity contribution in [1.82, 2.24) is 4.98 Å². The second kappa shape index (κ2) is 6.54. The molecule has 3 rings (SSSR count). The molecule has 130 valence electrons. The summed E-state index contributed by atoms with van der Waals surface area (Å²) in [6.45, 7) is 4.72. The van der Waals surface area contributed by atoms with Crippen molar-refractivity contribution in [2.75, 3.05) is 6.61 Å². The molecule has 1 aromatic rings. The van der Waals surface area contributed by atoms with Gasteiger partial charge >= 0.3 is 0 Å². The maximum absolute atomic E-state index is 13.0. The minimum Gasteiger partial charge on any atom is -0.467 e. The van der Waals surface area contributed by atoms with Gasteiger partial charge in [-0.25, -0.2) is 0 Å². The van der Waals surface area contributed by atoms with Crippen molar-refractivity contribution in [1.29, 1.82) is 0 Å². The van der Waals surface area contributed by atoms with Gasteiger partial charge in [-0.2, -0.15) is 0 Å². The van der Waals surface area contributed by atoms with Gasteiger partial charge in [-0.1, -0.05) is 26.7 Å². The standard InChI is InChI=1S/C19H25NO4/c1-19(2)7-15-17(16(22)8-19)18(23)13(9-20-15)14(10-24-11-21)12-5-3-4-6-12/h9,11-12,14H,3-8,10H2,1-2H3,(H,20,23). The molecule has 0 spiro atoms. The van der Waals surface area contributed by atoms with Crippen LogP contribution in [0.5, 0.6) is 0 Å². The van der Waals surface area contributed by atoms with E-state index in [4.69, 9.17) is 4.74 Å². The first kappa shape index (κ1) is 16.9. The third-order valence-corrected chi connectivity index (χ3v) is 5.48. The number of ketones is 1. The molecule has 1 fully saturated rings. The van der Waals surface area contributed by atoms with Gasteiger partial charge in [0, 0.05) is 29.8 Å². The Hall–Kier alpha value is -1.91. The zero-order valence-corrected chi connectivity index (χ0v) is 14.4. The molecule has 5 heteroatoms. The molecule has 2 aliphatic carbocycles. The first-order valence-electron chi connectivity index (χ1n) is 8.76. The predicted molar refractivity (Wildman–Crippen MR) is 90.2 cm³/mol. The van der Waals surface area contributed by atoms with Crippen LogP contribution in [0, 0.1) is 11.3 Å². The fraction of sp³-hybridized carbons (Fsp3) is 0.632. The van der Waals surface area contributed by atoms with E-state index in [0.29, 0.717) is 36.4 Å². The van der Waals surface area contributed by atoms with Gasteiger partial charge in [-0.05, 0) is 30.6 Å². The van der Waals surface area contributed by atoms with E-state index in [1.54, 1.807) is 6.20 Å². The summed E-state index contributed by atoms with van der Waals surface area (Å²) in [7, 11) is 0. The smallest absolute Gasteiger partial charge is 0.293 e. The molecule has 1 N–H and O–H groups in total. The number of fused-ring (bicyclic) bond motifs is 1. The van der Waals surface area contributed by atoms with E-state index in [0.717, 1.165) is 31.4 Å². The highest BCUT2D eigenvalue weighted by atomic mass is 16.5. The number of nitrogens with one attached hydrogen (secondary N) is 1. The number of aromatic nitrogens is 1. The molecule has 1 saturated carbocycles. The van der Waals surface area contributed by atoms with Crippen molar-refractivity contribution in [3.05, 3.63) is 33.2 Å². The summed E-state index contributed by atoms with van der Waals surface area (Å²) in [6, 6.07) is 0. The number of H-pyrrole nitrogens is 1. The fourth-order valence-corrected chi connectivity index (χ4v) is 4.34. The minimum atomic E-state index is -0.171. The summed E-state index contributed by atoms with van der Waals surface area (Å²) in [5.41, 5.74) is 1.36. The number of aromatic amines is 1. The normalized spacial score (nSPS) is 21.3. The topological polar surface area (TPSA) is 76.2 Å². The molecule has 5 nitrogen and oxygen atoms in total. The Kier molecular flexibility index (Phi) is 4.61. The van der Waals surface area contributed by atoms with Crippen molar-refractivity contribution in [3.8, 4) is 0 Å². The molecule has 0 bridgehead atoms. The van der Waals surface area contributed by atoms with Crippen molar-refractivity contribution >= 4 is 12.3 Å². The lowest BCUT2D eigenvalue weighted by Crippen LogP contribution is -2.35. The second-order valence-corrected chi connectivity index (χ2v) is 7.95. The predicted octanol–water partition coefficient (Wildman–Crippen LogP) is 2.98. The molecule has 24 heavy (non-hydrogen) atoms. The molecule has 1 aromatic heterocycles. The van der Waals surface area contributed by atoms with Crippen LogP contribution in [0.1, 0.15) is 73.5 Å². The SMILES string of the molecule is CC1(C)CC(=O)c2c([nH]cc(C(COC=O)C3CCCC3)c2=O)C1. The third kappa shape index (κ3) is 3.17. The summed E-state index contributed by atoms with van der Waals surface area (Å²) in [4.78, 5) is 39.4. The van der Waals surface area contributed by atoms with Crippen LogP contribution in [0.2, 0.25) is 0 Å². The van der Waals surface area contributed by atoms with Gasteiger partial charge < -0.3 is 9.72 Å². The van der Waals surface area contributed by atoms with Crippen molar-refractivity contribution < 1.29 is 14.3 Å². The molecule has 0 aromatic carbocycles. The number of rotatable bonds is 5. The van der Waals surface area contributed by atoms with Gasteiger partial charge in [0.05, 0.1) is 12.2 Å². The lowest BCUT2D eigenvalue weighted by atomic mass is 9.74. The highest BCUT2D eigenvalue weighted by molar-refractivity contribution is 5.98. The van der Waals surface area contributed by atoms with Crippen molar-refractivity contribution in [2.45, 2.75) is 58.3 Å². The zero-order chi connectivity index (χ0) is 17.3. The average Bonchev–Trinajstić information content (AvgIpc) is 3.02. The Balaban J connectivity index is 2.01. The molecule has 0 amide bonds. The van der Waals surface area contributed by atoms with Gasteiger partial charge in [-0.15, -0.1) is 0 Å². The maximum Gasteiger partial charge on any atom is 0.293 e. The van der Waals surface area contributed by atoms with Crippen molar-refractivity contribution in [2.24, 2.45) is 11.3 Å². The highest BCUT2D eigenvalue weighted by Gasteiger charge is 2.36. The molecule has 0 saturated heterocycles. The van der Waals surface area contributed by atoms with E-state index in [-0.39, 0.29) is 29.2 Å². The number of pyridine rings is 1. The van der Waals surface area contributed by atoms with Gasteiger partial charge in [0.25, 0.3) is 6.47 Å². The van der Waals surface area contributed by atoms with Gasteiger partial charge in [0.15, 0.2) is 11.2 Å². The lowest BCUT2D eigenvalue weighted by Gasteiger charge is -2.30. The van der Waals surface area contributed by atoms with Crippen LogP contribution in [0.3, 0.4) is 0 Å². The summed E-state index contributed by atoms with van der Waals surface area (Å²) in [5, 5.41) is 0. The number of ether oxygens (including phenoxy) is 1. The zero-order valence-electron chi connectivity index (χ0n) is 14.4. The number of hydrogen-bond donors (Lipinski definition) is 1. The van der Waals surface area contributed by atoms with Crippen LogP contribution in [0.15, 0.2) is 11.0 Å². The Morgan fingerprint density at radius 2 is 2.00 bits per heavy atom. The van der Waals surface area contributed by atoms with Crippen molar-refractivity contribution in [3.63, 3.8) is 0 Å². The molecule has 1 heterocycles. The summed E-state index contributed by atoms with van der Waals surface area (Å²) < 4.78 is 5.00. The number of Topliss-reactive ketones (excluding diaryl/α,β-unsaturated/α-hetero) is 1. The van der Waals surface area contributed by atoms with Gasteiger partial charge in [0.1, 0.15) is 0 Å². The van der Waals surface area contributed by atoms with E-state index in [2.05, 4.69) is 4.98 Å². The molecular formula is C19H25NO4. The average molecular weight is 331 g/mol. The number of hydrogen-bond acceptors (Lipinski definition) is 4. The van der Waals surface area contributed by atoms with Crippen LogP contribution < -0.4 is 5.43 Å². The Morgan fingerprint density at radius 1 is 1.29 bits per heavy atom. The van der Waals surface area contributed by atoms with E-state index in [1.165, 1.54) is 0 Å². The Morgan fingerprint density at radius 3 is 2.67 bits per heavy atom. The summed E-state index contributed by atoms with van der Waals surface area (Å²) in [5.74, 6) is 0.125. The van der Waals surface area contributed by atoms with Gasteiger partial charge in [-0.3, -0.25) is 14.4 Å². The number of carbonyl (C=O) groups excluding carboxylic acids is 2. The molecular weight excluding hydrogens is 306 g/mol. The molecule has 2 aliphatic rings. The molecule has 1 unspecified atom stereocenters. The van der Waals surface area contributed by atoms with Crippen LogP contribution in [-0.4, -0.2) is 23.8 Å². The second-order valence-electron chi connectivity index (χ2n) is 7.95.